The second kappa shape index (κ2) is 5.67. The first-order chi connectivity index (χ1) is 7.54. The van der Waals surface area contributed by atoms with Crippen molar-refractivity contribution in [1.29, 1.82) is 5.26 Å². The molecular weight excluding hydrogens is 198 g/mol. The van der Waals surface area contributed by atoms with Gasteiger partial charge in [0.2, 0.25) is 0 Å². The molecule has 0 aliphatic rings. The van der Waals surface area contributed by atoms with E-state index in [-0.39, 0.29) is 5.92 Å². The quantitative estimate of drug-likeness (QED) is 0.842. The summed E-state index contributed by atoms with van der Waals surface area (Å²) < 4.78 is 0. The number of rotatable bonds is 4. The molecule has 0 saturated heterocycles. The van der Waals surface area contributed by atoms with Crippen LogP contribution in [0.4, 0.5) is 0 Å². The zero-order valence-corrected chi connectivity index (χ0v) is 10.1. The highest BCUT2D eigenvalue weighted by Gasteiger charge is 2.15. The molecule has 2 nitrogen and oxygen atoms in total. The summed E-state index contributed by atoms with van der Waals surface area (Å²) in [6.45, 7) is 6.09. The van der Waals surface area contributed by atoms with Gasteiger partial charge in [0.25, 0.3) is 0 Å². The van der Waals surface area contributed by atoms with Gasteiger partial charge in [-0.25, -0.2) is 0 Å². The molecule has 2 heteroatoms. The van der Waals surface area contributed by atoms with Crippen molar-refractivity contribution in [2.45, 2.75) is 33.3 Å². The van der Waals surface area contributed by atoms with Gasteiger partial charge in [-0.1, -0.05) is 38.1 Å². The summed E-state index contributed by atoms with van der Waals surface area (Å²) in [4.78, 5) is 0. The first kappa shape index (κ1) is 12.7. The van der Waals surface area contributed by atoms with Gasteiger partial charge in [0.05, 0.1) is 18.1 Å². The van der Waals surface area contributed by atoms with Crippen molar-refractivity contribution in [2.75, 3.05) is 0 Å². The lowest BCUT2D eigenvalue weighted by molar-refractivity contribution is 0.143. The lowest BCUT2D eigenvalue weighted by Crippen LogP contribution is -2.07. The molecule has 1 aromatic rings. The lowest BCUT2D eigenvalue weighted by Gasteiger charge is -2.13. The van der Waals surface area contributed by atoms with Crippen LogP contribution in [0.1, 0.15) is 38.0 Å². The van der Waals surface area contributed by atoms with E-state index in [1.54, 1.807) is 6.92 Å². The fourth-order valence-electron chi connectivity index (χ4n) is 1.68. The van der Waals surface area contributed by atoms with Gasteiger partial charge >= 0.3 is 0 Å². The van der Waals surface area contributed by atoms with Gasteiger partial charge in [-0.15, -0.1) is 0 Å². The van der Waals surface area contributed by atoms with Crippen LogP contribution < -0.4 is 0 Å². The molecule has 86 valence electrons. The molecule has 2 atom stereocenters. The van der Waals surface area contributed by atoms with Gasteiger partial charge in [0.15, 0.2) is 0 Å². The number of aliphatic hydroxyl groups excluding tert-OH is 1. The Morgan fingerprint density at radius 1 is 1.19 bits per heavy atom. The van der Waals surface area contributed by atoms with E-state index in [0.717, 1.165) is 12.0 Å². The molecule has 0 aliphatic carbocycles. The topological polar surface area (TPSA) is 44.0 Å². The van der Waals surface area contributed by atoms with E-state index in [2.05, 4.69) is 19.9 Å². The van der Waals surface area contributed by atoms with Crippen LogP contribution in [0.2, 0.25) is 0 Å². The van der Waals surface area contributed by atoms with Crippen molar-refractivity contribution in [2.24, 2.45) is 11.8 Å². The van der Waals surface area contributed by atoms with E-state index >= 15 is 0 Å². The van der Waals surface area contributed by atoms with Crippen LogP contribution in [0.25, 0.3) is 0 Å². The zero-order chi connectivity index (χ0) is 12.1. The summed E-state index contributed by atoms with van der Waals surface area (Å²) in [6, 6.07) is 9.95. The first-order valence-corrected chi connectivity index (χ1v) is 5.71. The number of hydrogen-bond donors (Lipinski definition) is 1. The number of nitrogens with zero attached hydrogens (tertiary/aromatic N) is 1. The third-order valence-electron chi connectivity index (χ3n) is 2.64. The molecule has 16 heavy (non-hydrogen) atoms. The first-order valence-electron chi connectivity index (χ1n) is 5.71. The molecule has 1 rings (SSSR count). The van der Waals surface area contributed by atoms with Crippen LogP contribution in [-0.2, 0) is 6.42 Å². The average Bonchev–Trinajstić information content (AvgIpc) is 2.27. The summed E-state index contributed by atoms with van der Waals surface area (Å²) >= 11 is 0. The minimum Gasteiger partial charge on any atom is -0.387 e. The monoisotopic (exact) mass is 217 g/mol. The highest BCUT2D eigenvalue weighted by molar-refractivity contribution is 5.25. The van der Waals surface area contributed by atoms with Gasteiger partial charge < -0.3 is 5.11 Å². The minimum atomic E-state index is -0.682. The van der Waals surface area contributed by atoms with E-state index < -0.39 is 6.10 Å². The molecule has 0 amide bonds. The molecular formula is C14H19NO. The maximum absolute atomic E-state index is 9.84. The molecule has 0 fully saturated rings. The van der Waals surface area contributed by atoms with Crippen molar-refractivity contribution < 1.29 is 5.11 Å². The second-order valence-electron chi connectivity index (χ2n) is 4.70. The van der Waals surface area contributed by atoms with Gasteiger partial charge in [0.1, 0.15) is 0 Å². The maximum atomic E-state index is 9.84. The number of benzene rings is 1. The van der Waals surface area contributed by atoms with Crippen LogP contribution in [-0.4, -0.2) is 5.11 Å². The van der Waals surface area contributed by atoms with E-state index in [1.165, 1.54) is 5.56 Å². The van der Waals surface area contributed by atoms with E-state index in [4.69, 9.17) is 5.26 Å². The van der Waals surface area contributed by atoms with E-state index in [0.29, 0.717) is 5.92 Å². The summed E-state index contributed by atoms with van der Waals surface area (Å²) in [5, 5.41) is 18.6. The van der Waals surface area contributed by atoms with Crippen molar-refractivity contribution in [3.05, 3.63) is 35.4 Å². The van der Waals surface area contributed by atoms with Gasteiger partial charge in [-0.05, 0) is 30.4 Å². The molecule has 1 aromatic carbocycles. The molecule has 0 saturated carbocycles. The van der Waals surface area contributed by atoms with Crippen LogP contribution >= 0.6 is 0 Å². The normalized spacial score (nSPS) is 14.5. The van der Waals surface area contributed by atoms with Gasteiger partial charge in [0, 0.05) is 0 Å². The number of hydrogen-bond acceptors (Lipinski definition) is 2. The van der Waals surface area contributed by atoms with Crippen molar-refractivity contribution in [3.8, 4) is 6.07 Å². The summed E-state index contributed by atoms with van der Waals surface area (Å²) in [7, 11) is 0. The molecule has 0 aromatic heterocycles. The third kappa shape index (κ3) is 3.36. The van der Waals surface area contributed by atoms with Crippen molar-refractivity contribution >= 4 is 0 Å². The van der Waals surface area contributed by atoms with Gasteiger partial charge in [-0.2, -0.15) is 5.26 Å². The number of aliphatic hydroxyl groups is 1. The summed E-state index contributed by atoms with van der Waals surface area (Å²) in [6.07, 6.45) is 0.363. The Labute approximate surface area is 97.5 Å². The van der Waals surface area contributed by atoms with Crippen LogP contribution in [0.15, 0.2) is 24.3 Å². The van der Waals surface area contributed by atoms with Crippen molar-refractivity contribution in [1.82, 2.24) is 0 Å². The Morgan fingerprint density at radius 2 is 1.75 bits per heavy atom. The maximum Gasteiger partial charge on any atom is 0.0945 e. The van der Waals surface area contributed by atoms with Crippen LogP contribution in [0.3, 0.4) is 0 Å². The van der Waals surface area contributed by atoms with Crippen LogP contribution in [0, 0.1) is 23.2 Å². The average molecular weight is 217 g/mol. The minimum absolute atomic E-state index is 0.365. The molecule has 2 unspecified atom stereocenters. The van der Waals surface area contributed by atoms with E-state index in [1.807, 2.05) is 24.3 Å². The highest BCUT2D eigenvalue weighted by Crippen LogP contribution is 2.22. The zero-order valence-electron chi connectivity index (χ0n) is 10.1. The summed E-state index contributed by atoms with van der Waals surface area (Å²) in [5.74, 6) is 0.268. The van der Waals surface area contributed by atoms with Gasteiger partial charge in [-0.3, -0.25) is 0 Å². The third-order valence-corrected chi connectivity index (χ3v) is 2.64. The lowest BCUT2D eigenvalue weighted by atomic mass is 9.96. The fourth-order valence-corrected chi connectivity index (χ4v) is 1.68. The molecule has 0 heterocycles. The predicted molar refractivity (Wildman–Crippen MR) is 64.7 cm³/mol. The Bertz CT molecular complexity index is 361. The fraction of sp³-hybridized carbons (Fsp3) is 0.500. The predicted octanol–water partition coefficient (Wildman–Crippen LogP) is 3.08. The molecule has 1 N–H and O–H groups in total. The highest BCUT2D eigenvalue weighted by atomic mass is 16.3. The number of nitriles is 1. The van der Waals surface area contributed by atoms with Crippen LogP contribution in [0.5, 0.6) is 0 Å². The molecule has 0 spiro atoms. The molecule has 0 bridgehead atoms. The Kier molecular flexibility index (Phi) is 4.52. The second-order valence-corrected chi connectivity index (χ2v) is 4.70. The van der Waals surface area contributed by atoms with Crippen molar-refractivity contribution in [3.63, 3.8) is 0 Å². The Balaban J connectivity index is 2.75. The molecule has 0 radical (unpaired) electrons. The smallest absolute Gasteiger partial charge is 0.0945 e. The Hall–Kier alpha value is -1.33. The SMILES string of the molecule is CC(C)Cc1ccc(C(O)C(C)C#N)cc1. The molecule has 0 aliphatic heterocycles. The summed E-state index contributed by atoms with van der Waals surface area (Å²) in [5.41, 5.74) is 2.09. The Morgan fingerprint density at radius 3 is 2.19 bits per heavy atom. The standard InChI is InChI=1S/C14H19NO/c1-10(2)8-12-4-6-13(7-5-12)14(16)11(3)9-15/h4-7,10-11,14,16H,8H2,1-3H3. The largest absolute Gasteiger partial charge is 0.387 e. The van der Waals surface area contributed by atoms with E-state index in [9.17, 15) is 5.11 Å².